The third-order valence-electron chi connectivity index (χ3n) is 1.82. The molecule has 88 valence electrons. The first-order valence-electron chi connectivity index (χ1n) is 4.50. The fraction of sp³-hybridized carbons (Fsp3) is 0.444. The van der Waals surface area contributed by atoms with Crippen molar-refractivity contribution in [2.45, 2.75) is 26.4 Å². The molecule has 1 aromatic heterocycles. The van der Waals surface area contributed by atoms with E-state index in [4.69, 9.17) is 15.7 Å². The number of oxime groups is 1. The van der Waals surface area contributed by atoms with Gasteiger partial charge in [-0.05, 0) is 20.8 Å². The fourth-order valence-corrected chi connectivity index (χ4v) is 1.33. The smallest absolute Gasteiger partial charge is 0.350 e. The van der Waals surface area contributed by atoms with Gasteiger partial charge in [0.2, 0.25) is 5.60 Å². The molecule has 1 heterocycles. The van der Waals surface area contributed by atoms with Crippen LogP contribution in [0.15, 0.2) is 10.5 Å². The number of carboxylic acid groups (broad SMARTS) is 1. The largest absolute Gasteiger partial charge is 0.478 e. The van der Waals surface area contributed by atoms with Crippen LogP contribution in [0.5, 0.6) is 0 Å². The topological polar surface area (TPSA) is 97.8 Å². The number of aliphatic carboxylic acids is 1. The summed E-state index contributed by atoms with van der Waals surface area (Å²) in [5.41, 5.74) is 5.18. The number of thiazole rings is 1. The first-order chi connectivity index (χ1) is 7.33. The number of rotatable bonds is 4. The van der Waals surface area contributed by atoms with Gasteiger partial charge in [0.25, 0.3) is 0 Å². The van der Waals surface area contributed by atoms with Crippen LogP contribution in [0.1, 0.15) is 26.5 Å². The van der Waals surface area contributed by atoms with Crippen molar-refractivity contribution in [3.8, 4) is 0 Å². The number of carboxylic acids is 1. The molecule has 1 aromatic rings. The minimum absolute atomic E-state index is 0.432. The minimum Gasteiger partial charge on any atom is -0.478 e. The van der Waals surface area contributed by atoms with Crippen molar-refractivity contribution in [1.82, 2.24) is 4.98 Å². The van der Waals surface area contributed by atoms with E-state index in [9.17, 15) is 4.79 Å². The second kappa shape index (κ2) is 4.48. The Hall–Kier alpha value is -1.63. The second-order valence-electron chi connectivity index (χ2n) is 3.65. The molecule has 0 bridgehead atoms. The Morgan fingerprint density at radius 2 is 2.31 bits per heavy atom. The number of anilines is 1. The van der Waals surface area contributed by atoms with Gasteiger partial charge in [-0.15, -0.1) is 11.3 Å². The van der Waals surface area contributed by atoms with Crippen LogP contribution < -0.4 is 5.73 Å². The minimum atomic E-state index is -1.36. The van der Waals surface area contributed by atoms with Gasteiger partial charge in [0, 0.05) is 5.38 Å². The van der Waals surface area contributed by atoms with Gasteiger partial charge in [0.15, 0.2) is 5.13 Å². The van der Waals surface area contributed by atoms with E-state index in [1.807, 2.05) is 0 Å². The summed E-state index contributed by atoms with van der Waals surface area (Å²) in [7, 11) is 0. The summed E-state index contributed by atoms with van der Waals surface area (Å²) in [5.74, 6) is -1.08. The number of aromatic nitrogens is 1. The molecule has 3 N–H and O–H groups in total. The van der Waals surface area contributed by atoms with Gasteiger partial charge in [-0.3, -0.25) is 0 Å². The number of nitrogen functional groups attached to an aromatic ring is 1. The molecule has 0 amide bonds. The van der Waals surface area contributed by atoms with E-state index >= 15 is 0 Å². The van der Waals surface area contributed by atoms with E-state index < -0.39 is 11.6 Å². The quantitative estimate of drug-likeness (QED) is 0.614. The van der Waals surface area contributed by atoms with Crippen molar-refractivity contribution in [2.24, 2.45) is 5.16 Å². The van der Waals surface area contributed by atoms with Crippen LogP contribution in [0.2, 0.25) is 0 Å². The molecule has 0 atom stereocenters. The highest BCUT2D eigenvalue weighted by Crippen LogP contribution is 2.14. The van der Waals surface area contributed by atoms with Crippen LogP contribution in [-0.2, 0) is 9.63 Å². The summed E-state index contributed by atoms with van der Waals surface area (Å²) in [6.07, 6.45) is 0. The number of hydrogen-bond donors (Lipinski definition) is 2. The van der Waals surface area contributed by atoms with Crippen molar-refractivity contribution in [3.05, 3.63) is 11.1 Å². The Morgan fingerprint density at radius 1 is 1.69 bits per heavy atom. The van der Waals surface area contributed by atoms with Crippen LogP contribution in [0.3, 0.4) is 0 Å². The zero-order chi connectivity index (χ0) is 12.3. The lowest BCUT2D eigenvalue weighted by molar-refractivity contribution is -0.161. The van der Waals surface area contributed by atoms with Crippen molar-refractivity contribution >= 4 is 28.1 Å². The maximum atomic E-state index is 10.7. The predicted octanol–water partition coefficient (Wildman–Crippen LogP) is 1.33. The van der Waals surface area contributed by atoms with E-state index in [1.54, 1.807) is 12.3 Å². The molecule has 1 rings (SSSR count). The zero-order valence-corrected chi connectivity index (χ0v) is 10.0. The molecule has 0 radical (unpaired) electrons. The van der Waals surface area contributed by atoms with Gasteiger partial charge in [-0.25, -0.2) is 9.78 Å². The van der Waals surface area contributed by atoms with Crippen LogP contribution in [0.25, 0.3) is 0 Å². The van der Waals surface area contributed by atoms with E-state index in [2.05, 4.69) is 10.1 Å². The molecule has 7 heteroatoms. The van der Waals surface area contributed by atoms with Crippen molar-refractivity contribution in [1.29, 1.82) is 0 Å². The molecule has 0 aliphatic carbocycles. The Morgan fingerprint density at radius 3 is 2.75 bits per heavy atom. The fourth-order valence-electron chi connectivity index (χ4n) is 0.722. The predicted molar refractivity (Wildman–Crippen MR) is 61.5 cm³/mol. The van der Waals surface area contributed by atoms with Crippen LogP contribution >= 0.6 is 11.3 Å². The van der Waals surface area contributed by atoms with Gasteiger partial charge in [0.1, 0.15) is 11.4 Å². The van der Waals surface area contributed by atoms with E-state index in [1.165, 1.54) is 25.2 Å². The molecule has 0 fully saturated rings. The van der Waals surface area contributed by atoms with Crippen molar-refractivity contribution < 1.29 is 14.7 Å². The Labute approximate surface area is 96.7 Å². The van der Waals surface area contributed by atoms with Gasteiger partial charge in [-0.1, -0.05) is 5.16 Å². The first-order valence-corrected chi connectivity index (χ1v) is 5.38. The summed E-state index contributed by atoms with van der Waals surface area (Å²) in [4.78, 5) is 19.7. The SMILES string of the molecule is C/C(=N/OC(C)(C)C(=O)O)c1csc(N)n1. The highest BCUT2D eigenvalue weighted by Gasteiger charge is 2.29. The molecular weight excluding hydrogens is 230 g/mol. The summed E-state index contributed by atoms with van der Waals surface area (Å²) in [6.45, 7) is 4.51. The molecule has 0 saturated carbocycles. The second-order valence-corrected chi connectivity index (χ2v) is 4.54. The lowest BCUT2D eigenvalue weighted by Gasteiger charge is -2.16. The average molecular weight is 243 g/mol. The Bertz CT molecular complexity index is 425. The average Bonchev–Trinajstić information content (AvgIpc) is 2.61. The Balaban J connectivity index is 2.75. The number of nitrogens with two attached hydrogens (primary N) is 1. The van der Waals surface area contributed by atoms with Gasteiger partial charge >= 0.3 is 5.97 Å². The van der Waals surface area contributed by atoms with Crippen molar-refractivity contribution in [3.63, 3.8) is 0 Å². The lowest BCUT2D eigenvalue weighted by Crippen LogP contribution is -2.33. The molecule has 0 unspecified atom stereocenters. The summed E-state index contributed by atoms with van der Waals surface area (Å²) < 4.78 is 0. The third kappa shape index (κ3) is 2.93. The molecule has 6 nitrogen and oxygen atoms in total. The van der Waals surface area contributed by atoms with Crippen LogP contribution in [0.4, 0.5) is 5.13 Å². The first kappa shape index (κ1) is 12.4. The maximum Gasteiger partial charge on any atom is 0.350 e. The van der Waals surface area contributed by atoms with E-state index in [0.29, 0.717) is 16.5 Å². The van der Waals surface area contributed by atoms with Crippen LogP contribution in [0, 0.1) is 0 Å². The highest BCUT2D eigenvalue weighted by atomic mass is 32.1. The molecular formula is C9H13N3O3S. The normalized spacial score (nSPS) is 12.6. The molecule has 0 aromatic carbocycles. The standard InChI is InChI=1S/C9H13N3O3S/c1-5(6-4-16-8(10)11-6)12-15-9(2,3)7(13)14/h4H,1-3H3,(H2,10,11)(H,13,14)/b12-5-. The van der Waals surface area contributed by atoms with Gasteiger partial charge in [0.05, 0.1) is 0 Å². The molecule has 0 spiro atoms. The van der Waals surface area contributed by atoms with E-state index in [-0.39, 0.29) is 0 Å². The summed E-state index contributed by atoms with van der Waals surface area (Å²) >= 11 is 1.29. The third-order valence-corrected chi connectivity index (χ3v) is 2.49. The monoisotopic (exact) mass is 243 g/mol. The van der Waals surface area contributed by atoms with Gasteiger partial charge in [-0.2, -0.15) is 0 Å². The summed E-state index contributed by atoms with van der Waals surface area (Å²) in [5, 5.41) is 14.7. The maximum absolute atomic E-state index is 10.7. The number of nitrogens with zero attached hydrogens (tertiary/aromatic N) is 2. The number of carbonyl (C=O) groups is 1. The summed E-state index contributed by atoms with van der Waals surface area (Å²) in [6, 6.07) is 0. The lowest BCUT2D eigenvalue weighted by atomic mass is 10.1. The van der Waals surface area contributed by atoms with Gasteiger partial charge < -0.3 is 15.7 Å². The molecule has 0 aliphatic rings. The molecule has 16 heavy (non-hydrogen) atoms. The zero-order valence-electron chi connectivity index (χ0n) is 9.22. The highest BCUT2D eigenvalue weighted by molar-refractivity contribution is 7.13. The van der Waals surface area contributed by atoms with Crippen molar-refractivity contribution in [2.75, 3.05) is 5.73 Å². The van der Waals surface area contributed by atoms with Crippen LogP contribution in [-0.4, -0.2) is 27.4 Å². The van der Waals surface area contributed by atoms with E-state index in [0.717, 1.165) is 0 Å². The number of hydrogen-bond acceptors (Lipinski definition) is 6. The Kier molecular flexibility index (Phi) is 3.48. The molecule has 0 saturated heterocycles. The molecule has 0 aliphatic heterocycles.